The molecular formula is C10H8N6O4. The maximum Gasteiger partial charge on any atom is 0.320 e. The molecule has 2 aromatic rings. The molecule has 4 N–H and O–H groups in total. The van der Waals surface area contributed by atoms with Gasteiger partial charge in [0.05, 0.1) is 9.85 Å². The van der Waals surface area contributed by atoms with E-state index in [0.717, 1.165) is 0 Å². The second kappa shape index (κ2) is 4.76. The molecule has 0 atom stereocenters. The molecule has 0 bridgehead atoms. The number of hydrogen-bond acceptors (Lipinski definition) is 8. The van der Waals surface area contributed by atoms with Crippen LogP contribution in [0.1, 0.15) is 0 Å². The molecule has 10 heteroatoms. The number of nitrogen functional groups attached to an aromatic ring is 2. The first-order valence-corrected chi connectivity index (χ1v) is 5.21. The summed E-state index contributed by atoms with van der Waals surface area (Å²) in [5.74, 6) is 0. The van der Waals surface area contributed by atoms with Crippen LogP contribution in [0.4, 0.5) is 22.7 Å². The molecule has 0 unspecified atom stereocenters. The molecule has 0 saturated heterocycles. The van der Waals surface area contributed by atoms with E-state index >= 15 is 0 Å². The van der Waals surface area contributed by atoms with Crippen LogP contribution >= 0.6 is 0 Å². The van der Waals surface area contributed by atoms with E-state index in [1.54, 1.807) is 0 Å². The van der Waals surface area contributed by atoms with E-state index in [0.29, 0.717) is 0 Å². The van der Waals surface area contributed by atoms with E-state index in [-0.39, 0.29) is 22.8 Å². The molecule has 0 radical (unpaired) electrons. The first-order valence-electron chi connectivity index (χ1n) is 5.21. The molecule has 0 spiro atoms. The molecule has 0 aromatic carbocycles. The summed E-state index contributed by atoms with van der Waals surface area (Å²) in [5.41, 5.74) is 9.00. The molecule has 2 aromatic heterocycles. The predicted octanol–water partition coefficient (Wildman–Crippen LogP) is 1.12. The number of nitrogens with two attached hydrogens (primary N) is 2. The lowest BCUT2D eigenvalue weighted by Crippen LogP contribution is -2.04. The Kier molecular flexibility index (Phi) is 3.13. The second-order valence-electron chi connectivity index (χ2n) is 3.71. The molecular weight excluding hydrogens is 268 g/mol. The van der Waals surface area contributed by atoms with Crippen LogP contribution in [0.5, 0.6) is 0 Å². The fraction of sp³-hybridized carbons (Fsp3) is 0. The van der Waals surface area contributed by atoms with Gasteiger partial charge < -0.3 is 11.5 Å². The van der Waals surface area contributed by atoms with E-state index in [4.69, 9.17) is 11.5 Å². The third-order valence-corrected chi connectivity index (χ3v) is 2.50. The summed E-state index contributed by atoms with van der Waals surface area (Å²) >= 11 is 0. The van der Waals surface area contributed by atoms with E-state index in [1.165, 1.54) is 24.5 Å². The number of pyridine rings is 2. The number of anilines is 2. The van der Waals surface area contributed by atoms with E-state index in [1.807, 2.05) is 0 Å². The summed E-state index contributed by atoms with van der Waals surface area (Å²) in [6.45, 7) is 0. The molecule has 2 heterocycles. The highest BCUT2D eigenvalue weighted by Crippen LogP contribution is 2.38. The fourth-order valence-electron chi connectivity index (χ4n) is 1.67. The van der Waals surface area contributed by atoms with Crippen molar-refractivity contribution in [2.75, 3.05) is 11.5 Å². The number of nitrogens with zero attached hydrogens (tertiary/aromatic N) is 4. The standard InChI is InChI=1S/C10H8N6O4/c11-5-1-3-13-7(9(5)15(17)18)8-10(16(19)20)6(12)2-4-14-8/h1-4H,(H2,11,13)(H2,12,14). The SMILES string of the molecule is Nc1ccnc(-c2nccc(N)c2[N+](=O)[O-])c1[N+](=O)[O-]. The summed E-state index contributed by atoms with van der Waals surface area (Å²) in [6, 6.07) is 2.44. The van der Waals surface area contributed by atoms with Gasteiger partial charge in [-0.15, -0.1) is 0 Å². The van der Waals surface area contributed by atoms with Crippen LogP contribution in [-0.4, -0.2) is 19.8 Å². The van der Waals surface area contributed by atoms with Gasteiger partial charge in [-0.05, 0) is 12.1 Å². The van der Waals surface area contributed by atoms with Gasteiger partial charge in [-0.25, -0.2) is 9.97 Å². The van der Waals surface area contributed by atoms with Gasteiger partial charge in [-0.2, -0.15) is 0 Å². The van der Waals surface area contributed by atoms with Gasteiger partial charge >= 0.3 is 11.4 Å². The van der Waals surface area contributed by atoms with E-state index in [2.05, 4.69) is 9.97 Å². The average Bonchev–Trinajstić information content (AvgIpc) is 2.37. The van der Waals surface area contributed by atoms with Crippen molar-refractivity contribution in [2.45, 2.75) is 0 Å². The monoisotopic (exact) mass is 276 g/mol. The first kappa shape index (κ1) is 13.1. The Morgan fingerprint density at radius 1 is 0.850 bits per heavy atom. The quantitative estimate of drug-likeness (QED) is 0.621. The Morgan fingerprint density at radius 3 is 1.50 bits per heavy atom. The minimum Gasteiger partial charge on any atom is -0.393 e. The summed E-state index contributed by atoms with van der Waals surface area (Å²) in [7, 11) is 0. The second-order valence-corrected chi connectivity index (χ2v) is 3.71. The summed E-state index contributed by atoms with van der Waals surface area (Å²) in [5, 5.41) is 22.1. The summed E-state index contributed by atoms with van der Waals surface area (Å²) < 4.78 is 0. The Hall–Kier alpha value is -3.30. The molecule has 0 amide bonds. The number of aromatic nitrogens is 2. The van der Waals surface area contributed by atoms with Crippen molar-refractivity contribution in [3.63, 3.8) is 0 Å². The van der Waals surface area contributed by atoms with E-state index in [9.17, 15) is 20.2 Å². The van der Waals surface area contributed by atoms with Crippen LogP contribution in [0.2, 0.25) is 0 Å². The van der Waals surface area contributed by atoms with Crippen molar-refractivity contribution in [1.82, 2.24) is 9.97 Å². The fourth-order valence-corrected chi connectivity index (χ4v) is 1.67. The zero-order valence-electron chi connectivity index (χ0n) is 9.89. The number of nitro groups is 2. The van der Waals surface area contributed by atoms with Crippen molar-refractivity contribution in [1.29, 1.82) is 0 Å². The molecule has 0 aliphatic rings. The van der Waals surface area contributed by atoms with Crippen molar-refractivity contribution < 1.29 is 9.85 Å². The molecule has 10 nitrogen and oxygen atoms in total. The minimum atomic E-state index is -0.772. The van der Waals surface area contributed by atoms with Gasteiger partial charge in [0.25, 0.3) is 0 Å². The van der Waals surface area contributed by atoms with Gasteiger partial charge in [-0.3, -0.25) is 20.2 Å². The Bertz CT molecular complexity index is 655. The van der Waals surface area contributed by atoms with Crippen LogP contribution in [0, 0.1) is 20.2 Å². The topological polar surface area (TPSA) is 164 Å². The van der Waals surface area contributed by atoms with Gasteiger partial charge in [0.2, 0.25) is 0 Å². The predicted molar refractivity (Wildman–Crippen MR) is 69.6 cm³/mol. The van der Waals surface area contributed by atoms with Gasteiger partial charge in [0.15, 0.2) is 11.4 Å². The highest BCUT2D eigenvalue weighted by atomic mass is 16.6. The third-order valence-electron chi connectivity index (χ3n) is 2.50. The largest absolute Gasteiger partial charge is 0.393 e. The zero-order chi connectivity index (χ0) is 14.9. The molecule has 2 rings (SSSR count). The zero-order valence-corrected chi connectivity index (χ0v) is 9.89. The lowest BCUT2D eigenvalue weighted by atomic mass is 10.1. The molecule has 0 fully saturated rings. The first-order chi connectivity index (χ1) is 9.43. The highest BCUT2D eigenvalue weighted by Gasteiger charge is 2.29. The maximum atomic E-state index is 11.0. The van der Waals surface area contributed by atoms with Crippen molar-refractivity contribution in [3.05, 3.63) is 44.8 Å². The van der Waals surface area contributed by atoms with Crippen LogP contribution in [0.3, 0.4) is 0 Å². The van der Waals surface area contributed by atoms with Crippen molar-refractivity contribution in [3.8, 4) is 11.4 Å². The van der Waals surface area contributed by atoms with Crippen molar-refractivity contribution >= 4 is 22.7 Å². The van der Waals surface area contributed by atoms with Gasteiger partial charge in [0, 0.05) is 12.4 Å². The Labute approximate surface area is 111 Å². The van der Waals surface area contributed by atoms with Gasteiger partial charge in [-0.1, -0.05) is 0 Å². The molecule has 102 valence electrons. The van der Waals surface area contributed by atoms with Crippen LogP contribution in [0.25, 0.3) is 11.4 Å². The summed E-state index contributed by atoms with van der Waals surface area (Å²) in [4.78, 5) is 28.1. The molecule has 0 aliphatic carbocycles. The third kappa shape index (κ3) is 2.05. The van der Waals surface area contributed by atoms with Crippen LogP contribution < -0.4 is 11.5 Å². The molecule has 20 heavy (non-hydrogen) atoms. The smallest absolute Gasteiger partial charge is 0.320 e. The Morgan fingerprint density at radius 2 is 1.20 bits per heavy atom. The highest BCUT2D eigenvalue weighted by molar-refractivity contribution is 5.84. The summed E-state index contributed by atoms with van der Waals surface area (Å²) in [6.07, 6.45) is 2.40. The van der Waals surface area contributed by atoms with Crippen molar-refractivity contribution in [2.24, 2.45) is 0 Å². The number of hydrogen-bond donors (Lipinski definition) is 2. The lowest BCUT2D eigenvalue weighted by molar-refractivity contribution is -0.385. The average molecular weight is 276 g/mol. The van der Waals surface area contributed by atoms with Crippen LogP contribution in [0.15, 0.2) is 24.5 Å². The normalized spacial score (nSPS) is 10.2. The van der Waals surface area contributed by atoms with E-state index < -0.39 is 21.2 Å². The Balaban J connectivity index is 2.83. The molecule has 0 aliphatic heterocycles. The maximum absolute atomic E-state index is 11.0. The molecule has 0 saturated carbocycles. The van der Waals surface area contributed by atoms with Gasteiger partial charge in [0.1, 0.15) is 11.4 Å². The number of rotatable bonds is 3. The minimum absolute atomic E-state index is 0.168. The van der Waals surface area contributed by atoms with Crippen LogP contribution in [-0.2, 0) is 0 Å². The lowest BCUT2D eigenvalue weighted by Gasteiger charge is -2.05.